The van der Waals surface area contributed by atoms with E-state index >= 15 is 0 Å². The Labute approximate surface area is 192 Å². The summed E-state index contributed by atoms with van der Waals surface area (Å²) in [6.45, 7) is 4.27. The van der Waals surface area contributed by atoms with E-state index in [9.17, 15) is 18.0 Å². The lowest BCUT2D eigenvalue weighted by molar-refractivity contribution is -0.154. The first kappa shape index (κ1) is 21.9. The number of nitrogens with one attached hydrogen (secondary N) is 1. The van der Waals surface area contributed by atoms with Crippen LogP contribution in [-0.2, 0) is 4.79 Å². The molecule has 0 bridgehead atoms. The van der Waals surface area contributed by atoms with Gasteiger partial charge >= 0.3 is 6.18 Å². The summed E-state index contributed by atoms with van der Waals surface area (Å²) in [7, 11) is 0. The molecule has 1 amide bonds. The Morgan fingerprint density at radius 1 is 1.21 bits per heavy atom. The molecule has 176 valence electrons. The van der Waals surface area contributed by atoms with Crippen LogP contribution in [0.25, 0.3) is 11.0 Å². The number of carbonyl (C=O) groups is 1. The van der Waals surface area contributed by atoms with Crippen molar-refractivity contribution in [2.24, 2.45) is 0 Å². The second-order valence-corrected chi connectivity index (χ2v) is 8.20. The molecule has 3 aromatic rings. The Hall–Kier alpha value is -3.96. The Morgan fingerprint density at radius 3 is 2.68 bits per heavy atom. The topological polar surface area (TPSA) is 96.4 Å². The lowest BCUT2D eigenvalue weighted by atomic mass is 9.77. The van der Waals surface area contributed by atoms with Crippen molar-refractivity contribution in [3.05, 3.63) is 49.4 Å². The van der Waals surface area contributed by atoms with E-state index in [2.05, 4.69) is 36.5 Å². The van der Waals surface area contributed by atoms with Gasteiger partial charge in [0.2, 0.25) is 11.8 Å². The summed E-state index contributed by atoms with van der Waals surface area (Å²) in [6.07, 6.45) is 0.603. The van der Waals surface area contributed by atoms with Crippen LogP contribution in [0.2, 0.25) is 0 Å². The molecule has 0 atom stereocenters. The summed E-state index contributed by atoms with van der Waals surface area (Å²) >= 11 is 0. The summed E-state index contributed by atoms with van der Waals surface area (Å²) in [4.78, 5) is 33.1. The van der Waals surface area contributed by atoms with E-state index in [1.54, 1.807) is 0 Å². The molecule has 1 spiro atoms. The van der Waals surface area contributed by atoms with Crippen molar-refractivity contribution >= 4 is 34.3 Å². The van der Waals surface area contributed by atoms with Crippen LogP contribution in [-0.4, -0.2) is 68.7 Å². The second-order valence-electron chi connectivity index (χ2n) is 8.20. The number of pyridine rings is 2. The van der Waals surface area contributed by atoms with Crippen LogP contribution in [0.1, 0.15) is 6.42 Å². The number of ether oxygens (including phenoxy) is 1. The fourth-order valence-corrected chi connectivity index (χ4v) is 4.18. The number of hydrogen-bond acceptors (Lipinski definition) is 8. The van der Waals surface area contributed by atoms with Crippen LogP contribution in [0.4, 0.5) is 30.5 Å². The standard InChI is InChI=1S/C22H20F3N7O2/c1-2-18(33)32-8-7-21(32)10-31(11-21)16-5-4-15-19(30-16)20(28-13-27-15)29-14-3-6-17(26-9-14)34-12-22(23,24)25/h2-6,9,13H,1,7-8,10-12H2,(H,27,28,29). The lowest BCUT2D eigenvalue weighted by Gasteiger charge is -2.62. The molecule has 34 heavy (non-hydrogen) atoms. The number of nitrogens with zero attached hydrogens (tertiary/aromatic N) is 6. The number of carbonyl (C=O) groups excluding carboxylic acids is 1. The maximum absolute atomic E-state index is 12.3. The Balaban J connectivity index is 1.31. The van der Waals surface area contributed by atoms with Crippen LogP contribution in [0, 0.1) is 0 Å². The molecule has 2 fully saturated rings. The lowest BCUT2D eigenvalue weighted by Crippen LogP contribution is -2.78. The molecule has 5 heterocycles. The predicted molar refractivity (Wildman–Crippen MR) is 118 cm³/mol. The molecule has 0 radical (unpaired) electrons. The van der Waals surface area contributed by atoms with Gasteiger partial charge in [0.25, 0.3) is 0 Å². The molecule has 5 rings (SSSR count). The van der Waals surface area contributed by atoms with Crippen molar-refractivity contribution < 1.29 is 22.7 Å². The van der Waals surface area contributed by atoms with Crippen LogP contribution < -0.4 is 15.0 Å². The number of rotatable bonds is 6. The van der Waals surface area contributed by atoms with E-state index < -0.39 is 12.8 Å². The van der Waals surface area contributed by atoms with Crippen LogP contribution in [0.3, 0.4) is 0 Å². The van der Waals surface area contributed by atoms with Gasteiger partial charge in [0.05, 0.1) is 22.9 Å². The van der Waals surface area contributed by atoms with Gasteiger partial charge < -0.3 is 19.9 Å². The largest absolute Gasteiger partial charge is 0.468 e. The molecule has 12 heteroatoms. The zero-order valence-electron chi connectivity index (χ0n) is 17.9. The minimum Gasteiger partial charge on any atom is -0.468 e. The van der Waals surface area contributed by atoms with Gasteiger partial charge in [0.15, 0.2) is 12.4 Å². The van der Waals surface area contributed by atoms with E-state index in [-0.39, 0.29) is 17.3 Å². The van der Waals surface area contributed by atoms with Gasteiger partial charge in [-0.1, -0.05) is 6.58 Å². The van der Waals surface area contributed by atoms with Crippen molar-refractivity contribution in [1.82, 2.24) is 24.8 Å². The van der Waals surface area contributed by atoms with Gasteiger partial charge in [0, 0.05) is 25.7 Å². The highest BCUT2D eigenvalue weighted by atomic mass is 19.4. The van der Waals surface area contributed by atoms with Crippen LogP contribution in [0.5, 0.6) is 5.88 Å². The number of halogens is 3. The maximum Gasteiger partial charge on any atom is 0.422 e. The molecule has 0 saturated carbocycles. The molecule has 3 aromatic heterocycles. The number of alkyl halides is 3. The average Bonchev–Trinajstić information content (AvgIpc) is 2.77. The number of anilines is 3. The summed E-state index contributed by atoms with van der Waals surface area (Å²) < 4.78 is 41.5. The number of amides is 1. The molecule has 2 aliphatic heterocycles. The van der Waals surface area contributed by atoms with Crippen molar-refractivity contribution in [3.8, 4) is 5.88 Å². The normalized spacial score (nSPS) is 16.7. The minimum atomic E-state index is -4.43. The van der Waals surface area contributed by atoms with Gasteiger partial charge in [-0.25, -0.2) is 19.9 Å². The van der Waals surface area contributed by atoms with Crippen molar-refractivity contribution in [2.45, 2.75) is 18.1 Å². The van der Waals surface area contributed by atoms with Gasteiger partial charge in [-0.05, 0) is 30.7 Å². The monoisotopic (exact) mass is 471 g/mol. The fourth-order valence-electron chi connectivity index (χ4n) is 4.18. The fraction of sp³-hybridized carbons (Fsp3) is 0.318. The Morgan fingerprint density at radius 2 is 2.03 bits per heavy atom. The highest BCUT2D eigenvalue weighted by Crippen LogP contribution is 2.41. The zero-order valence-corrected chi connectivity index (χ0v) is 17.9. The minimum absolute atomic E-state index is 0.0549. The third kappa shape index (κ3) is 4.06. The highest BCUT2D eigenvalue weighted by Gasteiger charge is 2.55. The van der Waals surface area contributed by atoms with E-state index in [4.69, 9.17) is 4.98 Å². The average molecular weight is 471 g/mol. The number of hydrogen-bond donors (Lipinski definition) is 1. The quantitative estimate of drug-likeness (QED) is 0.548. The summed E-state index contributed by atoms with van der Waals surface area (Å²) in [5.74, 6) is 0.978. The van der Waals surface area contributed by atoms with Gasteiger partial charge in [-0.2, -0.15) is 13.2 Å². The van der Waals surface area contributed by atoms with Crippen molar-refractivity contribution in [3.63, 3.8) is 0 Å². The third-order valence-corrected chi connectivity index (χ3v) is 5.96. The molecular weight excluding hydrogens is 451 g/mol. The van der Waals surface area contributed by atoms with Crippen LogP contribution in [0.15, 0.2) is 49.4 Å². The molecule has 0 unspecified atom stereocenters. The Kier molecular flexibility index (Phi) is 5.22. The van der Waals surface area contributed by atoms with Gasteiger partial charge in [0.1, 0.15) is 17.7 Å². The molecule has 2 aliphatic rings. The summed E-state index contributed by atoms with van der Waals surface area (Å²) in [6, 6.07) is 6.59. The first-order valence-electron chi connectivity index (χ1n) is 10.5. The van der Waals surface area contributed by atoms with Gasteiger partial charge in [-0.3, -0.25) is 4.79 Å². The third-order valence-electron chi connectivity index (χ3n) is 5.96. The first-order chi connectivity index (χ1) is 16.3. The van der Waals surface area contributed by atoms with E-state index in [0.717, 1.165) is 18.8 Å². The molecule has 1 N–H and O–H groups in total. The van der Waals surface area contributed by atoms with Crippen LogP contribution >= 0.6 is 0 Å². The predicted octanol–water partition coefficient (Wildman–Crippen LogP) is 3.08. The molecule has 9 nitrogen and oxygen atoms in total. The molecule has 0 aliphatic carbocycles. The van der Waals surface area contributed by atoms with Gasteiger partial charge in [-0.15, -0.1) is 0 Å². The SMILES string of the molecule is C=CC(=O)N1CCC12CN(c1ccc3ncnc(Nc4ccc(OCC(F)(F)F)nc4)c3n1)C2. The number of fused-ring (bicyclic) bond motifs is 1. The van der Waals surface area contributed by atoms with E-state index in [1.807, 2.05) is 17.0 Å². The van der Waals surface area contributed by atoms with Crippen molar-refractivity contribution in [2.75, 3.05) is 36.5 Å². The number of aromatic nitrogens is 4. The second kappa shape index (κ2) is 8.12. The molecule has 2 saturated heterocycles. The molecular formula is C22H20F3N7O2. The van der Waals surface area contributed by atoms with Crippen molar-refractivity contribution in [1.29, 1.82) is 0 Å². The van der Waals surface area contributed by atoms with E-state index in [1.165, 1.54) is 30.7 Å². The maximum atomic E-state index is 12.3. The smallest absolute Gasteiger partial charge is 0.422 e. The first-order valence-corrected chi connectivity index (χ1v) is 10.5. The zero-order chi connectivity index (χ0) is 23.9. The highest BCUT2D eigenvalue weighted by molar-refractivity contribution is 5.90. The molecule has 0 aromatic carbocycles. The summed E-state index contributed by atoms with van der Waals surface area (Å²) in [5.41, 5.74) is 1.51. The number of likely N-dealkylation sites (tertiary alicyclic amines) is 1. The Bertz CT molecular complexity index is 1240. The summed E-state index contributed by atoms with van der Waals surface area (Å²) in [5, 5.41) is 3.08. The van der Waals surface area contributed by atoms with E-state index in [0.29, 0.717) is 35.6 Å².